The van der Waals surface area contributed by atoms with Crippen LogP contribution in [0.4, 0.5) is 22.9 Å². The molecule has 4 aromatic rings. The van der Waals surface area contributed by atoms with E-state index >= 15 is 0 Å². The number of aromatic nitrogens is 4. The van der Waals surface area contributed by atoms with Crippen molar-refractivity contribution in [1.29, 1.82) is 0 Å². The average molecular weight is 488 g/mol. The highest BCUT2D eigenvalue weighted by atomic mass is 16.5. The zero-order chi connectivity index (χ0) is 24.7. The second-order valence-corrected chi connectivity index (χ2v) is 9.52. The maximum atomic E-state index is 10.6. The van der Waals surface area contributed by atoms with Gasteiger partial charge in [0.2, 0.25) is 5.88 Å². The molecule has 36 heavy (non-hydrogen) atoms. The van der Waals surface area contributed by atoms with Crippen LogP contribution < -0.4 is 25.0 Å². The highest BCUT2D eigenvalue weighted by Gasteiger charge is 2.29. The molecule has 10 heteroatoms. The van der Waals surface area contributed by atoms with Gasteiger partial charge in [-0.3, -0.25) is 0 Å². The monoisotopic (exact) mass is 487 g/mol. The number of imidazole rings is 1. The van der Waals surface area contributed by atoms with E-state index in [0.717, 1.165) is 60.0 Å². The van der Waals surface area contributed by atoms with Crippen molar-refractivity contribution in [3.8, 4) is 22.9 Å². The Kier molecular flexibility index (Phi) is 5.52. The van der Waals surface area contributed by atoms with Crippen molar-refractivity contribution in [2.75, 3.05) is 48.9 Å². The van der Waals surface area contributed by atoms with Crippen LogP contribution in [0.15, 0.2) is 49.1 Å². The molecule has 6 rings (SSSR count). The number of piperidine rings is 1. The summed E-state index contributed by atoms with van der Waals surface area (Å²) >= 11 is 0. The number of fused-ring (bicyclic) bond motifs is 2. The number of hydrogen-bond acceptors (Lipinski definition) is 9. The molecule has 0 amide bonds. The first-order valence-corrected chi connectivity index (χ1v) is 12.1. The van der Waals surface area contributed by atoms with E-state index in [4.69, 9.17) is 14.5 Å². The smallest absolute Gasteiger partial charge is 0.237 e. The molecule has 10 nitrogen and oxygen atoms in total. The Morgan fingerprint density at radius 1 is 1.25 bits per heavy atom. The third-order valence-electron chi connectivity index (χ3n) is 6.64. The van der Waals surface area contributed by atoms with Gasteiger partial charge in [-0.05, 0) is 38.0 Å². The lowest BCUT2D eigenvalue weighted by atomic mass is 9.94. The summed E-state index contributed by atoms with van der Waals surface area (Å²) in [5.41, 5.74) is 4.28. The molecule has 0 saturated carbocycles. The number of anilines is 4. The van der Waals surface area contributed by atoms with E-state index < -0.39 is 5.60 Å². The van der Waals surface area contributed by atoms with E-state index in [2.05, 4.69) is 25.5 Å². The standard InChI is InChI=1S/C26H29N7O3/c1-26(34)6-3-9-33(16-26)21-5-4-18(13-22(21)35-2)30-23-24-28-7-10-32(24)15-20(31-23)17-12-19-25(29-14-17)36-11-8-27-19/h4-5,7,10,12-15,27,34H,3,6,8-9,11,16H2,1-2H3,(H,30,31)/t26-/m0/s1. The van der Waals surface area contributed by atoms with Gasteiger partial charge in [0.05, 0.1) is 29.8 Å². The zero-order valence-electron chi connectivity index (χ0n) is 20.4. The first kappa shape index (κ1) is 22.4. The summed E-state index contributed by atoms with van der Waals surface area (Å²) in [4.78, 5) is 16.0. The summed E-state index contributed by atoms with van der Waals surface area (Å²) < 4.78 is 13.3. The molecule has 0 radical (unpaired) electrons. The zero-order valence-corrected chi connectivity index (χ0v) is 20.4. The molecular weight excluding hydrogens is 458 g/mol. The number of ether oxygens (including phenoxy) is 2. The molecule has 0 bridgehead atoms. The number of nitrogens with zero attached hydrogens (tertiary/aromatic N) is 5. The third-order valence-corrected chi connectivity index (χ3v) is 6.64. The molecule has 1 fully saturated rings. The minimum absolute atomic E-state index is 0.573. The molecule has 1 atom stereocenters. The number of benzene rings is 1. The Morgan fingerprint density at radius 3 is 3.03 bits per heavy atom. The van der Waals surface area contributed by atoms with Crippen LogP contribution in [-0.4, -0.2) is 63.4 Å². The van der Waals surface area contributed by atoms with E-state index in [9.17, 15) is 5.11 Å². The van der Waals surface area contributed by atoms with E-state index in [1.54, 1.807) is 19.5 Å². The molecule has 1 saturated heterocycles. The predicted molar refractivity (Wildman–Crippen MR) is 139 cm³/mol. The summed E-state index contributed by atoms with van der Waals surface area (Å²) in [6, 6.07) is 7.97. The van der Waals surface area contributed by atoms with Gasteiger partial charge in [0.15, 0.2) is 11.5 Å². The van der Waals surface area contributed by atoms with E-state index in [1.165, 1.54) is 0 Å². The van der Waals surface area contributed by atoms with E-state index in [-0.39, 0.29) is 0 Å². The van der Waals surface area contributed by atoms with E-state index in [1.807, 2.05) is 48.0 Å². The summed E-state index contributed by atoms with van der Waals surface area (Å²) in [7, 11) is 1.66. The van der Waals surface area contributed by atoms with Crippen LogP contribution >= 0.6 is 0 Å². The van der Waals surface area contributed by atoms with Crippen LogP contribution in [-0.2, 0) is 0 Å². The second kappa shape index (κ2) is 8.87. The average Bonchev–Trinajstić information content (AvgIpc) is 3.37. The molecule has 5 heterocycles. The molecule has 0 aliphatic carbocycles. The van der Waals surface area contributed by atoms with Crippen LogP contribution in [0, 0.1) is 0 Å². The maximum Gasteiger partial charge on any atom is 0.237 e. The quantitative estimate of drug-likeness (QED) is 0.388. The molecule has 0 unspecified atom stereocenters. The SMILES string of the molecule is COc1cc(Nc2nc(-c3cnc4c(c3)NCCO4)cn3ccnc23)ccc1N1CCC[C@](C)(O)C1. The lowest BCUT2D eigenvalue weighted by molar-refractivity contribution is 0.0448. The number of β-amino-alcohol motifs (C(OH)–C–C–N with tert-alkyl or cyclic N) is 1. The van der Waals surface area contributed by atoms with Crippen molar-refractivity contribution in [3.63, 3.8) is 0 Å². The molecule has 0 spiro atoms. The molecule has 2 aliphatic heterocycles. The predicted octanol–water partition coefficient (Wildman–Crippen LogP) is 3.70. The van der Waals surface area contributed by atoms with Gasteiger partial charge in [-0.25, -0.2) is 15.0 Å². The minimum atomic E-state index is -0.704. The maximum absolute atomic E-state index is 10.6. The van der Waals surface area contributed by atoms with Gasteiger partial charge in [0, 0.05) is 61.7 Å². The highest BCUT2D eigenvalue weighted by Crippen LogP contribution is 2.36. The van der Waals surface area contributed by atoms with Crippen LogP contribution in [0.1, 0.15) is 19.8 Å². The Balaban J connectivity index is 1.33. The highest BCUT2D eigenvalue weighted by molar-refractivity contribution is 5.77. The third kappa shape index (κ3) is 4.24. The van der Waals surface area contributed by atoms with Crippen molar-refractivity contribution < 1.29 is 14.6 Å². The first-order valence-electron chi connectivity index (χ1n) is 12.1. The Morgan fingerprint density at radius 2 is 2.17 bits per heavy atom. The number of aliphatic hydroxyl groups is 1. The largest absolute Gasteiger partial charge is 0.495 e. The van der Waals surface area contributed by atoms with Crippen molar-refractivity contribution in [2.45, 2.75) is 25.4 Å². The molecule has 2 aliphatic rings. The van der Waals surface area contributed by atoms with Crippen LogP contribution in [0.2, 0.25) is 0 Å². The summed E-state index contributed by atoms with van der Waals surface area (Å²) in [6.45, 7) is 4.68. The molecule has 3 N–H and O–H groups in total. The molecule has 1 aromatic carbocycles. The van der Waals surface area contributed by atoms with Gasteiger partial charge >= 0.3 is 0 Å². The van der Waals surface area contributed by atoms with Crippen molar-refractivity contribution in [1.82, 2.24) is 19.4 Å². The summed E-state index contributed by atoms with van der Waals surface area (Å²) in [6.07, 6.45) is 9.09. The number of methoxy groups -OCH3 is 1. The van der Waals surface area contributed by atoms with Gasteiger partial charge in [-0.2, -0.15) is 0 Å². The molecule has 186 valence electrons. The lowest BCUT2D eigenvalue weighted by Gasteiger charge is -2.38. The lowest BCUT2D eigenvalue weighted by Crippen LogP contribution is -2.46. The van der Waals surface area contributed by atoms with Gasteiger partial charge in [-0.1, -0.05) is 0 Å². The fraction of sp³-hybridized carbons (Fsp3) is 0.346. The van der Waals surface area contributed by atoms with Gasteiger partial charge in [0.1, 0.15) is 12.4 Å². The summed E-state index contributed by atoms with van der Waals surface area (Å²) in [5, 5.41) is 17.3. The number of pyridine rings is 1. The van der Waals surface area contributed by atoms with Crippen molar-refractivity contribution in [2.24, 2.45) is 0 Å². The van der Waals surface area contributed by atoms with Crippen molar-refractivity contribution in [3.05, 3.63) is 49.1 Å². The fourth-order valence-electron chi connectivity index (χ4n) is 4.90. The van der Waals surface area contributed by atoms with Gasteiger partial charge < -0.3 is 34.5 Å². The molecular formula is C26H29N7O3. The van der Waals surface area contributed by atoms with Crippen LogP contribution in [0.5, 0.6) is 11.6 Å². The minimum Gasteiger partial charge on any atom is -0.495 e. The van der Waals surface area contributed by atoms with Crippen LogP contribution in [0.3, 0.4) is 0 Å². The van der Waals surface area contributed by atoms with Gasteiger partial charge in [-0.15, -0.1) is 0 Å². The first-order chi connectivity index (χ1) is 17.5. The van der Waals surface area contributed by atoms with E-state index in [0.29, 0.717) is 30.5 Å². The van der Waals surface area contributed by atoms with Crippen molar-refractivity contribution >= 4 is 28.5 Å². The normalized spacial score (nSPS) is 19.4. The summed E-state index contributed by atoms with van der Waals surface area (Å²) in [5.74, 6) is 1.96. The number of nitrogens with one attached hydrogen (secondary N) is 2. The van der Waals surface area contributed by atoms with Crippen LogP contribution in [0.25, 0.3) is 16.9 Å². The molecule has 3 aromatic heterocycles. The Bertz CT molecular complexity index is 1420. The van der Waals surface area contributed by atoms with Gasteiger partial charge in [0.25, 0.3) is 0 Å². The topological polar surface area (TPSA) is 109 Å². The number of rotatable bonds is 5. The Hall–Kier alpha value is -4.05. The second-order valence-electron chi connectivity index (χ2n) is 9.52. The number of hydrogen-bond donors (Lipinski definition) is 3. The Labute approximate surface area is 208 Å². The fourth-order valence-corrected chi connectivity index (χ4v) is 4.90.